The smallest absolute Gasteiger partial charge is 0.223 e. The van der Waals surface area contributed by atoms with Crippen LogP contribution >= 0.6 is 0 Å². The number of nitrogens with zero attached hydrogens (tertiary/aromatic N) is 4. The first-order valence-electron chi connectivity index (χ1n) is 10.2. The first kappa shape index (κ1) is 19.2. The monoisotopic (exact) mass is 391 g/mol. The van der Waals surface area contributed by atoms with Crippen molar-refractivity contribution in [2.24, 2.45) is 5.92 Å². The van der Waals surface area contributed by atoms with Gasteiger partial charge in [0.05, 0.1) is 6.07 Å². The molecule has 7 nitrogen and oxygen atoms in total. The van der Waals surface area contributed by atoms with Crippen LogP contribution in [0.4, 0.5) is 5.82 Å². The van der Waals surface area contributed by atoms with E-state index in [1.165, 1.54) is 5.57 Å². The van der Waals surface area contributed by atoms with Crippen molar-refractivity contribution in [2.45, 2.75) is 45.1 Å². The summed E-state index contributed by atoms with van der Waals surface area (Å²) in [6.45, 7) is 3.32. The highest BCUT2D eigenvalue weighted by Crippen LogP contribution is 2.37. The minimum atomic E-state index is 0.0309. The van der Waals surface area contributed by atoms with Gasteiger partial charge in [0.2, 0.25) is 12.3 Å². The number of aromatic amines is 1. The maximum absolute atomic E-state index is 12.4. The van der Waals surface area contributed by atoms with Gasteiger partial charge in [-0.05, 0) is 42.5 Å². The molecule has 1 aliphatic heterocycles. The van der Waals surface area contributed by atoms with E-state index in [1.54, 1.807) is 4.90 Å². The number of anilines is 1. The van der Waals surface area contributed by atoms with Gasteiger partial charge in [-0.2, -0.15) is 5.26 Å². The van der Waals surface area contributed by atoms with E-state index < -0.39 is 0 Å². The molecule has 7 heteroatoms. The summed E-state index contributed by atoms with van der Waals surface area (Å²) >= 11 is 0. The summed E-state index contributed by atoms with van der Waals surface area (Å²) < 4.78 is 0. The van der Waals surface area contributed by atoms with Crippen LogP contribution in [0.25, 0.3) is 16.6 Å². The first-order chi connectivity index (χ1) is 14.2. The molecule has 0 bridgehead atoms. The van der Waals surface area contributed by atoms with Gasteiger partial charge in [-0.3, -0.25) is 14.5 Å². The molecule has 2 aliphatic rings. The number of fused-ring (bicyclic) bond motifs is 1. The third kappa shape index (κ3) is 3.75. The Hall–Kier alpha value is -3.14. The van der Waals surface area contributed by atoms with E-state index in [4.69, 9.17) is 5.26 Å². The molecule has 0 saturated heterocycles. The molecule has 1 atom stereocenters. The van der Waals surface area contributed by atoms with E-state index in [1.807, 2.05) is 29.3 Å². The standard InChI is InChI=1S/C22H25N5O2/c1-2-15-13-26(21(29)4-3-9-23)11-8-17(15)19-12-20(27(14-28)16-5-6-16)25-22-18(19)7-10-24-22/h7-8,10,12,14-16H,2-6,11,13H2,1H3,(H,24,25). The number of nitrogens with one attached hydrogen (secondary N) is 1. The molecule has 3 heterocycles. The Kier molecular flexibility index (Phi) is 5.34. The quantitative estimate of drug-likeness (QED) is 0.733. The number of H-pyrrole nitrogens is 1. The number of rotatable bonds is 7. The molecule has 2 aromatic rings. The van der Waals surface area contributed by atoms with E-state index in [-0.39, 0.29) is 30.7 Å². The molecule has 1 aliphatic carbocycles. The third-order valence-corrected chi connectivity index (χ3v) is 5.85. The van der Waals surface area contributed by atoms with Crippen LogP contribution in [0, 0.1) is 17.2 Å². The van der Waals surface area contributed by atoms with Crippen molar-refractivity contribution in [3.8, 4) is 6.07 Å². The van der Waals surface area contributed by atoms with Gasteiger partial charge in [0, 0.05) is 49.5 Å². The minimum absolute atomic E-state index is 0.0309. The van der Waals surface area contributed by atoms with Crippen LogP contribution in [-0.2, 0) is 9.59 Å². The van der Waals surface area contributed by atoms with Gasteiger partial charge in [0.15, 0.2) is 0 Å². The fraction of sp³-hybridized carbons (Fsp3) is 0.455. The van der Waals surface area contributed by atoms with Gasteiger partial charge < -0.3 is 9.88 Å². The van der Waals surface area contributed by atoms with E-state index in [0.717, 1.165) is 42.3 Å². The number of aromatic nitrogens is 2. The summed E-state index contributed by atoms with van der Waals surface area (Å²) in [5.74, 6) is 0.910. The Balaban J connectivity index is 1.70. The van der Waals surface area contributed by atoms with Crippen molar-refractivity contribution in [2.75, 3.05) is 18.0 Å². The number of nitriles is 1. The van der Waals surface area contributed by atoms with Gasteiger partial charge in [-0.1, -0.05) is 13.0 Å². The molecule has 4 rings (SSSR count). The SMILES string of the molecule is CCC1CN(C(=O)CCC#N)CC=C1c1cc(N(C=O)C2CC2)nc2[nH]ccc12. The summed E-state index contributed by atoms with van der Waals surface area (Å²) in [5, 5.41) is 9.78. The van der Waals surface area contributed by atoms with Gasteiger partial charge >= 0.3 is 0 Å². The molecule has 1 fully saturated rings. The van der Waals surface area contributed by atoms with Gasteiger partial charge in [0.1, 0.15) is 11.5 Å². The van der Waals surface area contributed by atoms with Gasteiger partial charge in [-0.25, -0.2) is 4.98 Å². The second kappa shape index (κ2) is 8.08. The average Bonchev–Trinajstić information content (AvgIpc) is 3.47. The third-order valence-electron chi connectivity index (χ3n) is 5.85. The molecule has 2 amide bonds. The Morgan fingerprint density at radius 2 is 2.31 bits per heavy atom. The van der Waals surface area contributed by atoms with Crippen molar-refractivity contribution in [3.63, 3.8) is 0 Å². The van der Waals surface area contributed by atoms with E-state index in [9.17, 15) is 9.59 Å². The zero-order valence-corrected chi connectivity index (χ0v) is 16.6. The molecule has 0 radical (unpaired) electrons. The number of carbonyl (C=O) groups excluding carboxylic acids is 2. The lowest BCUT2D eigenvalue weighted by Crippen LogP contribution is -2.38. The predicted octanol–water partition coefficient (Wildman–Crippen LogP) is 3.24. The Labute approximate surface area is 170 Å². The largest absolute Gasteiger partial charge is 0.346 e. The molecule has 0 aromatic carbocycles. The topological polar surface area (TPSA) is 93.1 Å². The van der Waals surface area contributed by atoms with Crippen molar-refractivity contribution in [3.05, 3.63) is 30.0 Å². The maximum Gasteiger partial charge on any atom is 0.223 e. The summed E-state index contributed by atoms with van der Waals surface area (Å²) in [6.07, 6.45) is 8.32. The van der Waals surface area contributed by atoms with Gasteiger partial charge in [0.25, 0.3) is 0 Å². The fourth-order valence-corrected chi connectivity index (χ4v) is 4.09. The predicted molar refractivity (Wildman–Crippen MR) is 111 cm³/mol. The van der Waals surface area contributed by atoms with E-state index in [2.05, 4.69) is 23.0 Å². The molecule has 29 heavy (non-hydrogen) atoms. The highest BCUT2D eigenvalue weighted by Gasteiger charge is 2.32. The average molecular weight is 391 g/mol. The second-order valence-electron chi connectivity index (χ2n) is 7.73. The Morgan fingerprint density at radius 1 is 1.48 bits per heavy atom. The molecule has 2 aromatic heterocycles. The number of hydrogen-bond donors (Lipinski definition) is 1. The van der Waals surface area contributed by atoms with Crippen molar-refractivity contribution in [1.82, 2.24) is 14.9 Å². The summed E-state index contributed by atoms with van der Waals surface area (Å²) in [4.78, 5) is 35.5. The van der Waals surface area contributed by atoms with Gasteiger partial charge in [-0.15, -0.1) is 0 Å². The van der Waals surface area contributed by atoms with Crippen molar-refractivity contribution in [1.29, 1.82) is 5.26 Å². The summed E-state index contributed by atoms with van der Waals surface area (Å²) in [5.41, 5.74) is 3.05. The maximum atomic E-state index is 12.4. The Bertz CT molecular complexity index is 998. The highest BCUT2D eigenvalue weighted by atomic mass is 16.2. The fourth-order valence-electron chi connectivity index (χ4n) is 4.09. The molecule has 0 spiro atoms. The molecule has 150 valence electrons. The van der Waals surface area contributed by atoms with Crippen LogP contribution in [-0.4, -0.2) is 46.3 Å². The summed E-state index contributed by atoms with van der Waals surface area (Å²) in [6, 6.07) is 6.32. The number of carbonyl (C=O) groups is 2. The van der Waals surface area contributed by atoms with Crippen LogP contribution in [0.15, 0.2) is 24.4 Å². The van der Waals surface area contributed by atoms with Crippen LogP contribution in [0.3, 0.4) is 0 Å². The molecular formula is C22H25N5O2. The van der Waals surface area contributed by atoms with Crippen molar-refractivity contribution < 1.29 is 9.59 Å². The van der Waals surface area contributed by atoms with Crippen LogP contribution in [0.5, 0.6) is 0 Å². The molecule has 1 saturated carbocycles. The van der Waals surface area contributed by atoms with E-state index >= 15 is 0 Å². The molecular weight excluding hydrogens is 366 g/mol. The normalized spacial score (nSPS) is 19.0. The zero-order valence-electron chi connectivity index (χ0n) is 16.6. The number of amides is 2. The first-order valence-corrected chi connectivity index (χ1v) is 10.2. The van der Waals surface area contributed by atoms with Crippen molar-refractivity contribution >= 4 is 34.7 Å². The lowest BCUT2D eigenvalue weighted by molar-refractivity contribution is -0.131. The Morgan fingerprint density at radius 3 is 3.00 bits per heavy atom. The highest BCUT2D eigenvalue weighted by molar-refractivity contribution is 5.94. The summed E-state index contributed by atoms with van der Waals surface area (Å²) in [7, 11) is 0. The van der Waals surface area contributed by atoms with Crippen LogP contribution < -0.4 is 4.90 Å². The lowest BCUT2D eigenvalue weighted by Gasteiger charge is -2.33. The second-order valence-corrected chi connectivity index (χ2v) is 7.73. The van der Waals surface area contributed by atoms with E-state index in [0.29, 0.717) is 18.9 Å². The number of pyridine rings is 1. The molecule has 1 N–H and O–H groups in total. The minimum Gasteiger partial charge on any atom is -0.346 e. The molecule has 1 unspecified atom stereocenters. The lowest BCUT2D eigenvalue weighted by atomic mass is 9.86. The zero-order chi connectivity index (χ0) is 20.4. The number of hydrogen-bond acceptors (Lipinski definition) is 4. The van der Waals surface area contributed by atoms with Crippen LogP contribution in [0.2, 0.25) is 0 Å². The van der Waals surface area contributed by atoms with Crippen LogP contribution in [0.1, 0.15) is 44.6 Å².